The number of sulfonamides is 1. The van der Waals surface area contributed by atoms with E-state index in [4.69, 9.17) is 9.52 Å². The number of hydrogen-bond acceptors (Lipinski definition) is 5. The minimum absolute atomic E-state index is 0.0330. The number of furan rings is 1. The Bertz CT molecular complexity index is 610. The van der Waals surface area contributed by atoms with Gasteiger partial charge >= 0.3 is 5.97 Å². The number of carboxylic acid groups (broad SMARTS) is 1. The third-order valence-corrected chi connectivity index (χ3v) is 4.08. The number of halogens is 2. The van der Waals surface area contributed by atoms with Crippen molar-refractivity contribution in [3.8, 4) is 0 Å². The molecule has 10 heteroatoms. The van der Waals surface area contributed by atoms with Gasteiger partial charge in [0.15, 0.2) is 0 Å². The maximum Gasteiger partial charge on any atom is 0.340 e. The SMILES string of the molecule is Cc1oc(C)c(S(=O)(=O)NCCOCC(F)F)c1C(=O)O. The molecule has 0 aliphatic carbocycles. The minimum atomic E-state index is -4.14. The minimum Gasteiger partial charge on any atom is -0.478 e. The first-order valence-electron chi connectivity index (χ1n) is 5.85. The van der Waals surface area contributed by atoms with Crippen LogP contribution in [0.2, 0.25) is 0 Å². The maximum atomic E-state index is 12.1. The summed E-state index contributed by atoms with van der Waals surface area (Å²) < 4.78 is 59.4. The molecule has 0 amide bonds. The number of ether oxygens (including phenoxy) is 1. The van der Waals surface area contributed by atoms with Crippen LogP contribution in [-0.4, -0.2) is 45.7 Å². The van der Waals surface area contributed by atoms with Gasteiger partial charge in [-0.25, -0.2) is 26.7 Å². The Morgan fingerprint density at radius 3 is 2.52 bits per heavy atom. The Balaban J connectivity index is 2.82. The van der Waals surface area contributed by atoms with E-state index in [1.165, 1.54) is 13.8 Å². The highest BCUT2D eigenvalue weighted by atomic mass is 32.2. The number of hydrogen-bond donors (Lipinski definition) is 2. The molecule has 0 unspecified atom stereocenters. The molecule has 1 heterocycles. The van der Waals surface area contributed by atoms with Crippen molar-refractivity contribution in [2.45, 2.75) is 25.2 Å². The molecule has 0 saturated carbocycles. The second kappa shape index (κ2) is 6.96. The lowest BCUT2D eigenvalue weighted by Crippen LogP contribution is -2.29. The van der Waals surface area contributed by atoms with Crippen molar-refractivity contribution in [3.63, 3.8) is 0 Å². The molecule has 0 aromatic carbocycles. The van der Waals surface area contributed by atoms with Gasteiger partial charge in [-0.3, -0.25) is 0 Å². The van der Waals surface area contributed by atoms with E-state index in [2.05, 4.69) is 9.46 Å². The zero-order chi connectivity index (χ0) is 16.2. The maximum absolute atomic E-state index is 12.1. The summed E-state index contributed by atoms with van der Waals surface area (Å²) in [6.45, 7) is 1.33. The van der Waals surface area contributed by atoms with Gasteiger partial charge in [0.05, 0.1) is 6.61 Å². The van der Waals surface area contributed by atoms with Gasteiger partial charge < -0.3 is 14.3 Å². The second-order valence-corrected chi connectivity index (χ2v) is 5.79. The Hall–Kier alpha value is -1.52. The van der Waals surface area contributed by atoms with Crippen molar-refractivity contribution in [2.75, 3.05) is 19.8 Å². The smallest absolute Gasteiger partial charge is 0.340 e. The molecule has 0 bridgehead atoms. The molecule has 1 rings (SSSR count). The van der Waals surface area contributed by atoms with Crippen LogP contribution in [0.3, 0.4) is 0 Å². The molecule has 0 saturated heterocycles. The number of alkyl halides is 2. The molecular formula is C11H15F2NO6S. The third kappa shape index (κ3) is 4.48. The van der Waals surface area contributed by atoms with Crippen molar-refractivity contribution in [1.82, 2.24) is 4.72 Å². The van der Waals surface area contributed by atoms with Crippen molar-refractivity contribution in [1.29, 1.82) is 0 Å². The molecule has 0 fully saturated rings. The van der Waals surface area contributed by atoms with E-state index in [-0.39, 0.29) is 24.7 Å². The Morgan fingerprint density at radius 2 is 2.00 bits per heavy atom. The molecule has 1 aromatic rings. The largest absolute Gasteiger partial charge is 0.478 e. The van der Waals surface area contributed by atoms with Crippen molar-refractivity contribution in [2.24, 2.45) is 0 Å². The van der Waals surface area contributed by atoms with Crippen LogP contribution in [0.1, 0.15) is 21.9 Å². The molecule has 0 aliphatic rings. The average molecular weight is 327 g/mol. The van der Waals surface area contributed by atoms with E-state index in [1.807, 2.05) is 0 Å². The summed E-state index contributed by atoms with van der Waals surface area (Å²) >= 11 is 0. The topological polar surface area (TPSA) is 106 Å². The van der Waals surface area contributed by atoms with Gasteiger partial charge in [-0.05, 0) is 13.8 Å². The van der Waals surface area contributed by atoms with Gasteiger partial charge in [-0.2, -0.15) is 0 Å². The van der Waals surface area contributed by atoms with E-state index in [1.54, 1.807) is 0 Å². The predicted octanol–water partition coefficient (Wildman–Crippen LogP) is 1.15. The van der Waals surface area contributed by atoms with Gasteiger partial charge in [-0.15, -0.1) is 0 Å². The first kappa shape index (κ1) is 17.5. The number of rotatable bonds is 8. The zero-order valence-electron chi connectivity index (χ0n) is 11.4. The molecule has 1 aromatic heterocycles. The van der Waals surface area contributed by atoms with E-state index >= 15 is 0 Å². The molecular weight excluding hydrogens is 312 g/mol. The van der Waals surface area contributed by atoms with Crippen LogP contribution in [-0.2, 0) is 14.8 Å². The summed E-state index contributed by atoms with van der Waals surface area (Å²) in [5.41, 5.74) is -0.450. The van der Waals surface area contributed by atoms with Crippen LogP contribution < -0.4 is 4.72 Å². The van der Waals surface area contributed by atoms with Crippen molar-refractivity contribution >= 4 is 16.0 Å². The Morgan fingerprint density at radius 1 is 1.38 bits per heavy atom. The Kier molecular flexibility index (Phi) is 5.81. The standard InChI is InChI=1S/C11H15F2NO6S/c1-6-9(11(15)16)10(7(2)20-6)21(17,18)14-3-4-19-5-8(12)13/h8,14H,3-5H2,1-2H3,(H,15,16). The zero-order valence-corrected chi connectivity index (χ0v) is 12.2. The van der Waals surface area contributed by atoms with Gasteiger partial charge in [-0.1, -0.05) is 0 Å². The monoisotopic (exact) mass is 327 g/mol. The highest BCUT2D eigenvalue weighted by Gasteiger charge is 2.30. The number of nitrogens with one attached hydrogen (secondary N) is 1. The first-order valence-corrected chi connectivity index (χ1v) is 7.34. The van der Waals surface area contributed by atoms with Gasteiger partial charge in [0.1, 0.15) is 28.6 Å². The van der Waals surface area contributed by atoms with E-state index in [9.17, 15) is 22.0 Å². The van der Waals surface area contributed by atoms with E-state index in [0.717, 1.165) is 0 Å². The lowest BCUT2D eigenvalue weighted by atomic mass is 10.2. The summed E-state index contributed by atoms with van der Waals surface area (Å²) in [5, 5.41) is 9.03. The summed E-state index contributed by atoms with van der Waals surface area (Å²) in [6, 6.07) is 0. The van der Waals surface area contributed by atoms with Crippen LogP contribution in [0.4, 0.5) is 8.78 Å². The molecule has 0 radical (unpaired) electrons. The number of carboxylic acids is 1. The highest BCUT2D eigenvalue weighted by molar-refractivity contribution is 7.89. The van der Waals surface area contributed by atoms with Crippen LogP contribution >= 0.6 is 0 Å². The molecule has 120 valence electrons. The quantitative estimate of drug-likeness (QED) is 0.694. The van der Waals surface area contributed by atoms with E-state index < -0.39 is 39.5 Å². The lowest BCUT2D eigenvalue weighted by molar-refractivity contribution is 0.0199. The van der Waals surface area contributed by atoms with Crippen LogP contribution in [0.15, 0.2) is 9.31 Å². The average Bonchev–Trinajstić information content (AvgIpc) is 2.63. The van der Waals surface area contributed by atoms with E-state index in [0.29, 0.717) is 0 Å². The van der Waals surface area contributed by atoms with Gasteiger partial charge in [0.25, 0.3) is 6.43 Å². The van der Waals surface area contributed by atoms with Gasteiger partial charge in [0.2, 0.25) is 10.0 Å². The predicted molar refractivity (Wildman–Crippen MR) is 67.2 cm³/mol. The molecule has 7 nitrogen and oxygen atoms in total. The summed E-state index contributed by atoms with van der Waals surface area (Å²) in [6.07, 6.45) is -2.64. The lowest BCUT2D eigenvalue weighted by Gasteiger charge is -2.07. The number of carbonyl (C=O) groups is 1. The first-order chi connectivity index (χ1) is 9.66. The van der Waals surface area contributed by atoms with Gasteiger partial charge in [0, 0.05) is 6.54 Å². The fourth-order valence-electron chi connectivity index (χ4n) is 1.73. The normalized spacial score (nSPS) is 12.0. The highest BCUT2D eigenvalue weighted by Crippen LogP contribution is 2.26. The number of aryl methyl sites for hydroxylation is 2. The molecule has 21 heavy (non-hydrogen) atoms. The van der Waals surface area contributed by atoms with Crippen LogP contribution in [0, 0.1) is 13.8 Å². The van der Waals surface area contributed by atoms with Crippen molar-refractivity contribution < 1.29 is 36.3 Å². The summed E-state index contributed by atoms with van der Waals surface area (Å²) in [5.74, 6) is -1.53. The number of aromatic carboxylic acids is 1. The fraction of sp³-hybridized carbons (Fsp3) is 0.545. The Labute approximate surface area is 119 Å². The summed E-state index contributed by atoms with van der Waals surface area (Å²) in [4.78, 5) is 10.6. The second-order valence-electron chi connectivity index (χ2n) is 4.09. The fourth-order valence-corrected chi connectivity index (χ4v) is 3.14. The summed E-state index contributed by atoms with van der Waals surface area (Å²) in [7, 11) is -4.14. The van der Waals surface area contributed by atoms with Crippen LogP contribution in [0.25, 0.3) is 0 Å². The molecule has 2 N–H and O–H groups in total. The molecule has 0 spiro atoms. The molecule has 0 atom stereocenters. The van der Waals surface area contributed by atoms with Crippen molar-refractivity contribution in [3.05, 3.63) is 17.1 Å². The molecule has 0 aliphatic heterocycles. The van der Waals surface area contributed by atoms with Crippen LogP contribution in [0.5, 0.6) is 0 Å². The third-order valence-electron chi connectivity index (χ3n) is 2.47.